The maximum atomic E-state index is 12.2. The molecule has 0 unspecified atom stereocenters. The zero-order valence-electron chi connectivity index (χ0n) is 18.1. The largest absolute Gasteiger partial charge is 0.496 e. The van der Waals surface area contributed by atoms with Crippen molar-refractivity contribution in [3.63, 3.8) is 0 Å². The summed E-state index contributed by atoms with van der Waals surface area (Å²) in [6.07, 6.45) is 2.31. The zero-order valence-corrected chi connectivity index (χ0v) is 18.1. The fourth-order valence-electron chi connectivity index (χ4n) is 2.55. The van der Waals surface area contributed by atoms with E-state index in [1.807, 2.05) is 6.92 Å². The minimum absolute atomic E-state index is 0.229. The summed E-state index contributed by atoms with van der Waals surface area (Å²) >= 11 is 0. The first-order chi connectivity index (χ1) is 15.0. The van der Waals surface area contributed by atoms with E-state index in [2.05, 4.69) is 15.8 Å². The minimum atomic E-state index is -0.480. The van der Waals surface area contributed by atoms with Crippen molar-refractivity contribution in [3.8, 4) is 23.0 Å². The highest BCUT2D eigenvalue weighted by molar-refractivity contribution is 5.96. The number of carbonyl (C=O) groups excluding carboxylic acids is 2. The van der Waals surface area contributed by atoms with Gasteiger partial charge in [-0.15, -0.1) is 0 Å². The Balaban J connectivity index is 1.89. The lowest BCUT2D eigenvalue weighted by Gasteiger charge is -2.11. The number of hydrogen-bond donors (Lipinski definition) is 2. The van der Waals surface area contributed by atoms with E-state index < -0.39 is 5.91 Å². The van der Waals surface area contributed by atoms with Crippen LogP contribution in [0.5, 0.6) is 23.0 Å². The van der Waals surface area contributed by atoms with E-state index >= 15 is 0 Å². The second kappa shape index (κ2) is 12.1. The standard InChI is InChI=1S/C22H27N3O6/c1-5-10-31-17-8-6-15(7-9-17)22(27)23-14-21(26)25-24-13-16-11-19(29-3)20(30-4)12-18(16)28-2/h6-9,11-13H,5,10,14H2,1-4H3,(H,23,27)(H,25,26). The van der Waals surface area contributed by atoms with Crippen molar-refractivity contribution in [1.29, 1.82) is 0 Å². The van der Waals surface area contributed by atoms with Crippen LogP contribution < -0.4 is 29.7 Å². The third kappa shape index (κ3) is 6.91. The van der Waals surface area contributed by atoms with E-state index in [1.165, 1.54) is 27.5 Å². The summed E-state index contributed by atoms with van der Waals surface area (Å²) in [5.74, 6) is 1.34. The quantitative estimate of drug-likeness (QED) is 0.420. The Bertz CT molecular complexity index is 912. The van der Waals surface area contributed by atoms with Gasteiger partial charge >= 0.3 is 0 Å². The third-order valence-electron chi connectivity index (χ3n) is 4.13. The van der Waals surface area contributed by atoms with Gasteiger partial charge in [-0.05, 0) is 36.8 Å². The monoisotopic (exact) mass is 429 g/mol. The molecule has 0 heterocycles. The van der Waals surface area contributed by atoms with E-state index in [9.17, 15) is 9.59 Å². The first-order valence-corrected chi connectivity index (χ1v) is 9.65. The van der Waals surface area contributed by atoms with E-state index in [1.54, 1.807) is 36.4 Å². The number of methoxy groups -OCH3 is 3. The summed E-state index contributed by atoms with van der Waals surface area (Å²) in [6.45, 7) is 2.40. The molecule has 2 rings (SSSR count). The number of amides is 2. The molecule has 0 radical (unpaired) electrons. The van der Waals surface area contributed by atoms with Gasteiger partial charge < -0.3 is 24.3 Å². The van der Waals surface area contributed by atoms with Crippen LogP contribution in [-0.2, 0) is 4.79 Å². The maximum Gasteiger partial charge on any atom is 0.259 e. The van der Waals surface area contributed by atoms with Gasteiger partial charge in [-0.2, -0.15) is 5.10 Å². The molecule has 2 amide bonds. The fourth-order valence-corrected chi connectivity index (χ4v) is 2.55. The van der Waals surface area contributed by atoms with E-state index in [0.717, 1.165) is 6.42 Å². The molecule has 0 saturated carbocycles. The molecule has 0 saturated heterocycles. The second-order valence-electron chi connectivity index (χ2n) is 6.30. The third-order valence-corrected chi connectivity index (χ3v) is 4.13. The molecule has 9 nitrogen and oxygen atoms in total. The highest BCUT2D eigenvalue weighted by Gasteiger charge is 2.11. The van der Waals surface area contributed by atoms with Gasteiger partial charge in [-0.25, -0.2) is 5.43 Å². The smallest absolute Gasteiger partial charge is 0.259 e. The van der Waals surface area contributed by atoms with Crippen LogP contribution in [0, 0.1) is 0 Å². The number of carbonyl (C=O) groups is 2. The topological polar surface area (TPSA) is 107 Å². The predicted molar refractivity (Wildman–Crippen MR) is 116 cm³/mol. The Hall–Kier alpha value is -3.75. The van der Waals surface area contributed by atoms with Gasteiger partial charge in [0.2, 0.25) is 0 Å². The highest BCUT2D eigenvalue weighted by atomic mass is 16.5. The zero-order chi connectivity index (χ0) is 22.6. The lowest BCUT2D eigenvalue weighted by Crippen LogP contribution is -2.34. The van der Waals surface area contributed by atoms with Gasteiger partial charge in [0.1, 0.15) is 11.5 Å². The predicted octanol–water partition coefficient (Wildman–Crippen LogP) is 2.38. The van der Waals surface area contributed by atoms with E-state index in [0.29, 0.717) is 40.7 Å². The molecule has 0 spiro atoms. The summed E-state index contributed by atoms with van der Waals surface area (Å²) in [6, 6.07) is 10.0. The Morgan fingerprint density at radius 1 is 0.968 bits per heavy atom. The van der Waals surface area contributed by atoms with Gasteiger partial charge in [0, 0.05) is 17.2 Å². The van der Waals surface area contributed by atoms with E-state index in [-0.39, 0.29) is 12.5 Å². The minimum Gasteiger partial charge on any atom is -0.496 e. The van der Waals surface area contributed by atoms with Gasteiger partial charge in [0.05, 0.1) is 40.7 Å². The summed E-state index contributed by atoms with van der Waals surface area (Å²) in [5, 5.41) is 6.44. The fraction of sp³-hybridized carbons (Fsp3) is 0.318. The lowest BCUT2D eigenvalue weighted by atomic mass is 10.2. The first-order valence-electron chi connectivity index (χ1n) is 9.65. The highest BCUT2D eigenvalue weighted by Crippen LogP contribution is 2.33. The number of nitrogens with zero attached hydrogens (tertiary/aromatic N) is 1. The summed E-state index contributed by atoms with van der Waals surface area (Å²) in [7, 11) is 4.55. The van der Waals surface area contributed by atoms with Crippen LogP contribution in [0.15, 0.2) is 41.5 Å². The van der Waals surface area contributed by atoms with Crippen molar-refractivity contribution < 1.29 is 28.5 Å². The average Bonchev–Trinajstić information content (AvgIpc) is 2.81. The Labute approximate surface area is 181 Å². The SMILES string of the molecule is CCCOc1ccc(C(=O)NCC(=O)NN=Cc2cc(OC)c(OC)cc2OC)cc1. The van der Waals surface area contributed by atoms with Crippen LogP contribution >= 0.6 is 0 Å². The van der Waals surface area contributed by atoms with Crippen molar-refractivity contribution >= 4 is 18.0 Å². The van der Waals surface area contributed by atoms with Gasteiger partial charge in [0.25, 0.3) is 11.8 Å². The van der Waals surface area contributed by atoms with Crippen LogP contribution in [0.4, 0.5) is 0 Å². The Kier molecular flexibility index (Phi) is 9.15. The van der Waals surface area contributed by atoms with Gasteiger partial charge in [-0.1, -0.05) is 6.92 Å². The van der Waals surface area contributed by atoms with E-state index in [4.69, 9.17) is 18.9 Å². The molecular formula is C22H27N3O6. The number of benzene rings is 2. The molecule has 2 N–H and O–H groups in total. The van der Waals surface area contributed by atoms with Crippen molar-refractivity contribution in [2.75, 3.05) is 34.5 Å². The van der Waals surface area contributed by atoms with Crippen molar-refractivity contribution in [1.82, 2.24) is 10.7 Å². The molecule has 0 aliphatic rings. The number of nitrogens with one attached hydrogen (secondary N) is 2. The van der Waals surface area contributed by atoms with Crippen LogP contribution in [0.3, 0.4) is 0 Å². The molecule has 0 bridgehead atoms. The molecule has 0 aromatic heterocycles. The van der Waals surface area contributed by atoms with Crippen molar-refractivity contribution in [3.05, 3.63) is 47.5 Å². The van der Waals surface area contributed by atoms with Crippen LogP contribution in [0.25, 0.3) is 0 Å². The van der Waals surface area contributed by atoms with Crippen molar-refractivity contribution in [2.24, 2.45) is 5.10 Å². The van der Waals surface area contributed by atoms with Gasteiger partial charge in [0.15, 0.2) is 11.5 Å². The van der Waals surface area contributed by atoms with Crippen LogP contribution in [0.1, 0.15) is 29.3 Å². The van der Waals surface area contributed by atoms with Gasteiger partial charge in [-0.3, -0.25) is 9.59 Å². The lowest BCUT2D eigenvalue weighted by molar-refractivity contribution is -0.120. The second-order valence-corrected chi connectivity index (χ2v) is 6.30. The molecular weight excluding hydrogens is 402 g/mol. The number of hydrazone groups is 1. The summed E-state index contributed by atoms with van der Waals surface area (Å²) in [4.78, 5) is 24.2. The molecule has 166 valence electrons. The molecule has 2 aromatic rings. The Morgan fingerprint density at radius 3 is 2.23 bits per heavy atom. The summed E-state index contributed by atoms with van der Waals surface area (Å²) in [5.41, 5.74) is 3.36. The van der Waals surface area contributed by atoms with Crippen LogP contribution in [0.2, 0.25) is 0 Å². The normalized spacial score (nSPS) is 10.5. The maximum absolute atomic E-state index is 12.2. The number of hydrogen-bond acceptors (Lipinski definition) is 7. The molecule has 0 fully saturated rings. The van der Waals surface area contributed by atoms with Crippen LogP contribution in [-0.4, -0.2) is 52.5 Å². The molecule has 0 aliphatic carbocycles. The summed E-state index contributed by atoms with van der Waals surface area (Å²) < 4.78 is 21.3. The molecule has 0 atom stereocenters. The number of rotatable bonds is 11. The molecule has 2 aromatic carbocycles. The van der Waals surface area contributed by atoms with Crippen molar-refractivity contribution in [2.45, 2.75) is 13.3 Å². The first kappa shape index (κ1) is 23.5. The molecule has 31 heavy (non-hydrogen) atoms. The molecule has 9 heteroatoms. The molecule has 0 aliphatic heterocycles. The average molecular weight is 429 g/mol. The number of ether oxygens (including phenoxy) is 4. The Morgan fingerprint density at radius 2 is 1.61 bits per heavy atom.